The van der Waals surface area contributed by atoms with Gasteiger partial charge in [0.05, 0.1) is 13.2 Å². The van der Waals surface area contributed by atoms with Crippen molar-refractivity contribution in [2.45, 2.75) is 86.3 Å². The first kappa shape index (κ1) is 38.4. The van der Waals surface area contributed by atoms with E-state index in [0.717, 1.165) is 0 Å². The number of alkyl halides is 22. The molecule has 2 rings (SSSR count). The van der Waals surface area contributed by atoms with Crippen molar-refractivity contribution in [3.8, 4) is 0 Å². The molecule has 0 aliphatic carbocycles. The van der Waals surface area contributed by atoms with Crippen molar-refractivity contribution in [2.24, 2.45) is 0 Å². The molecule has 0 bridgehead atoms. The molecule has 0 aromatic carbocycles. The molecule has 0 spiro atoms. The number of halogens is 22. The summed E-state index contributed by atoms with van der Waals surface area (Å²) in [5.41, 5.74) is 0. The van der Waals surface area contributed by atoms with Crippen LogP contribution in [0, 0.1) is 0 Å². The zero-order valence-corrected chi connectivity index (χ0v) is 19.8. The topological polar surface area (TPSA) is 43.4 Å². The lowest BCUT2D eigenvalue weighted by atomic mass is 10.2. The second kappa shape index (κ2) is 10.9. The Morgan fingerprint density at radius 3 is 0.864 bits per heavy atom. The van der Waals surface area contributed by atoms with Crippen LogP contribution in [0.3, 0.4) is 0 Å². The van der Waals surface area contributed by atoms with E-state index in [1.807, 2.05) is 9.47 Å². The Bertz CT molecular complexity index is 908. The van der Waals surface area contributed by atoms with E-state index in [1.54, 1.807) is 0 Å². The lowest BCUT2D eigenvalue weighted by Gasteiger charge is -2.48. The molecule has 6 nitrogen and oxygen atoms in total. The Labute approximate surface area is 226 Å². The van der Waals surface area contributed by atoms with Crippen LogP contribution in [-0.2, 0) is 18.9 Å². The summed E-state index contributed by atoms with van der Waals surface area (Å²) in [5.74, 6) is 0. The van der Waals surface area contributed by atoms with Gasteiger partial charge in [-0.25, -0.2) is 18.3 Å². The van der Waals surface area contributed by atoms with Crippen molar-refractivity contribution < 1.29 is 116 Å². The Hall–Kier alpha value is -1.78. The van der Waals surface area contributed by atoms with Crippen LogP contribution in [0.5, 0.6) is 0 Å². The standard InChI is InChI=1S/C16H10F22N2O4/c17-5(39-9(23,24)13(31,32)43-14(33,34)10(39,25)26)7(19,20)41-3-1-2-4-42-8(21,22)6(18)40-11(27,28)15(35,36)44-16(37,38)12(40,29)30/h5-6H,1-4H2. The van der Waals surface area contributed by atoms with Crippen LogP contribution in [0.1, 0.15) is 12.8 Å². The van der Waals surface area contributed by atoms with Crippen LogP contribution in [0.15, 0.2) is 0 Å². The second-order valence-corrected chi connectivity index (χ2v) is 8.38. The molecule has 2 heterocycles. The van der Waals surface area contributed by atoms with Crippen molar-refractivity contribution in [3.05, 3.63) is 0 Å². The van der Waals surface area contributed by atoms with E-state index in [9.17, 15) is 96.6 Å². The van der Waals surface area contributed by atoms with Gasteiger partial charge in [0.2, 0.25) is 0 Å². The minimum atomic E-state index is -6.92. The molecule has 0 saturated carbocycles. The van der Waals surface area contributed by atoms with Gasteiger partial charge in [0.15, 0.2) is 0 Å². The Morgan fingerprint density at radius 1 is 0.455 bits per heavy atom. The molecule has 0 amide bonds. The third kappa shape index (κ3) is 6.04. The highest BCUT2D eigenvalue weighted by atomic mass is 19.4. The van der Waals surface area contributed by atoms with Crippen LogP contribution >= 0.6 is 0 Å². The molecule has 0 N–H and O–H groups in total. The first-order valence-corrected chi connectivity index (χ1v) is 10.5. The van der Waals surface area contributed by atoms with Gasteiger partial charge in [0.1, 0.15) is 0 Å². The zero-order valence-electron chi connectivity index (χ0n) is 19.8. The first-order chi connectivity index (χ1) is 19.2. The van der Waals surface area contributed by atoms with Gasteiger partial charge in [0.25, 0.3) is 12.6 Å². The van der Waals surface area contributed by atoms with E-state index < -0.39 is 109 Å². The Morgan fingerprint density at radius 2 is 0.659 bits per heavy atom. The van der Waals surface area contributed by atoms with Gasteiger partial charge in [0, 0.05) is 0 Å². The monoisotopic (exact) mass is 712 g/mol. The number of morpholine rings is 2. The van der Waals surface area contributed by atoms with Gasteiger partial charge in [-0.3, -0.25) is 0 Å². The fraction of sp³-hybridized carbons (Fsp3) is 1.00. The minimum Gasteiger partial charge on any atom is -0.317 e. The minimum absolute atomic E-state index is 1.35. The average molecular weight is 712 g/mol. The third-order valence-electron chi connectivity index (χ3n) is 5.26. The molecule has 2 unspecified atom stereocenters. The van der Waals surface area contributed by atoms with Gasteiger partial charge < -0.3 is 9.47 Å². The lowest BCUT2D eigenvalue weighted by Crippen LogP contribution is -2.77. The fourth-order valence-electron chi connectivity index (χ4n) is 3.11. The van der Waals surface area contributed by atoms with Crippen LogP contribution in [0.4, 0.5) is 96.6 Å². The van der Waals surface area contributed by atoms with E-state index in [-0.39, 0.29) is 0 Å². The first-order valence-electron chi connectivity index (χ1n) is 10.5. The molecule has 0 aromatic rings. The van der Waals surface area contributed by atoms with Gasteiger partial charge in [-0.15, -0.1) is 9.80 Å². The van der Waals surface area contributed by atoms with Crippen LogP contribution < -0.4 is 0 Å². The van der Waals surface area contributed by atoms with Crippen molar-refractivity contribution in [3.63, 3.8) is 0 Å². The maximum absolute atomic E-state index is 13.9. The van der Waals surface area contributed by atoms with Gasteiger partial charge in [-0.05, 0) is 12.8 Å². The van der Waals surface area contributed by atoms with Crippen molar-refractivity contribution >= 4 is 0 Å². The molecule has 0 aromatic heterocycles. The van der Waals surface area contributed by atoms with E-state index in [1.165, 1.54) is 0 Å². The zero-order chi connectivity index (χ0) is 35.0. The maximum Gasteiger partial charge on any atom is 0.439 e. The normalized spacial score (nSPS) is 28.8. The van der Waals surface area contributed by atoms with Crippen LogP contribution in [0.2, 0.25) is 0 Å². The molecule has 28 heteroatoms. The van der Waals surface area contributed by atoms with E-state index >= 15 is 0 Å². The molecule has 2 aliphatic rings. The number of nitrogens with zero attached hydrogens (tertiary/aromatic N) is 2. The number of hydrogen-bond donors (Lipinski definition) is 0. The predicted molar refractivity (Wildman–Crippen MR) is 86.2 cm³/mol. The summed E-state index contributed by atoms with van der Waals surface area (Å²) >= 11 is 0. The Balaban J connectivity index is 2.06. The average Bonchev–Trinajstić information content (AvgIpc) is 2.77. The Kier molecular flexibility index (Phi) is 9.51. The van der Waals surface area contributed by atoms with Crippen LogP contribution in [-0.4, -0.2) is 96.4 Å². The molecule has 2 saturated heterocycles. The van der Waals surface area contributed by atoms with Gasteiger partial charge >= 0.3 is 60.8 Å². The molecular formula is C16H10F22N2O4. The third-order valence-corrected chi connectivity index (χ3v) is 5.26. The summed E-state index contributed by atoms with van der Waals surface area (Å²) in [6.45, 7) is -3.85. The summed E-state index contributed by atoms with van der Waals surface area (Å²) in [6, 6.07) is -27.7. The molecule has 44 heavy (non-hydrogen) atoms. The van der Waals surface area contributed by atoms with Gasteiger partial charge in [-0.1, -0.05) is 0 Å². The summed E-state index contributed by atoms with van der Waals surface area (Å²) in [7, 11) is 0. The lowest BCUT2D eigenvalue weighted by molar-refractivity contribution is -0.578. The van der Waals surface area contributed by atoms with Crippen molar-refractivity contribution in [1.29, 1.82) is 0 Å². The highest BCUT2D eigenvalue weighted by Gasteiger charge is 2.87. The smallest absolute Gasteiger partial charge is 0.317 e. The maximum atomic E-state index is 13.9. The van der Waals surface area contributed by atoms with Crippen LogP contribution in [0.25, 0.3) is 0 Å². The van der Waals surface area contributed by atoms with Gasteiger partial charge in [-0.2, -0.15) is 87.8 Å². The quantitative estimate of drug-likeness (QED) is 0.131. The number of unbranched alkanes of at least 4 members (excludes halogenated alkanes) is 1. The molecule has 2 fully saturated rings. The van der Waals surface area contributed by atoms with Crippen molar-refractivity contribution in [2.75, 3.05) is 13.2 Å². The summed E-state index contributed by atoms with van der Waals surface area (Å²) < 4.78 is 306. The summed E-state index contributed by atoms with van der Waals surface area (Å²) in [4.78, 5) is -6.59. The highest BCUT2D eigenvalue weighted by Crippen LogP contribution is 2.59. The number of hydrogen-bond acceptors (Lipinski definition) is 6. The number of ether oxygens (including phenoxy) is 4. The molecular weight excluding hydrogens is 702 g/mol. The highest BCUT2D eigenvalue weighted by molar-refractivity contribution is 4.98. The van der Waals surface area contributed by atoms with E-state index in [2.05, 4.69) is 9.47 Å². The summed E-state index contributed by atoms with van der Waals surface area (Å²) in [5, 5.41) is 0. The molecule has 2 atom stereocenters. The van der Waals surface area contributed by atoms with Crippen molar-refractivity contribution in [1.82, 2.24) is 9.80 Å². The second-order valence-electron chi connectivity index (χ2n) is 8.38. The number of rotatable bonds is 11. The fourth-order valence-corrected chi connectivity index (χ4v) is 3.11. The molecule has 2 aliphatic heterocycles. The van der Waals surface area contributed by atoms with E-state index in [0.29, 0.717) is 0 Å². The predicted octanol–water partition coefficient (Wildman–Crippen LogP) is 6.98. The SMILES string of the molecule is FC(N1C(F)(F)C(F)(F)OC(F)(F)C1(F)F)C(F)(F)OCCCCOC(F)(F)C(F)N1C(F)(F)C(F)(F)OC(F)(F)C1(F)F. The van der Waals surface area contributed by atoms with E-state index in [4.69, 9.17) is 0 Å². The largest absolute Gasteiger partial charge is 0.439 e. The molecule has 262 valence electrons. The molecule has 0 radical (unpaired) electrons. The summed E-state index contributed by atoms with van der Waals surface area (Å²) in [6.07, 6.45) is -53.0.